The topological polar surface area (TPSA) is 63.6 Å². The summed E-state index contributed by atoms with van der Waals surface area (Å²) in [5.41, 5.74) is 0.645. The first kappa shape index (κ1) is 12.4. The van der Waals surface area contributed by atoms with E-state index in [-0.39, 0.29) is 18.0 Å². The second-order valence-corrected chi connectivity index (χ2v) is 3.36. The fourth-order valence-corrected chi connectivity index (χ4v) is 1.19. The van der Waals surface area contributed by atoms with Crippen LogP contribution in [-0.4, -0.2) is 30.1 Å². The Morgan fingerprint density at radius 3 is 2.25 bits per heavy atom. The number of hydrogen-bond donors (Lipinski definition) is 1. The van der Waals surface area contributed by atoms with E-state index in [0.29, 0.717) is 12.2 Å². The number of carbonyl (C=O) groups excluding carboxylic acids is 1. The average molecular weight is 222 g/mol. The normalized spacial score (nSPS) is 10.1. The van der Waals surface area contributed by atoms with Crippen molar-refractivity contribution in [1.82, 2.24) is 0 Å². The molecular formula is C12H14O4. The summed E-state index contributed by atoms with van der Waals surface area (Å²) in [6, 6.07) is 5.83. The highest BCUT2D eigenvalue weighted by Gasteiger charge is 2.07. The molecule has 1 N–H and O–H groups in total. The Bertz CT molecular complexity index is 367. The standard InChI is InChI=1S/C12H14O4/c1-2-7-16-8-11(13)9-3-5-10(6-4-9)12(14)15/h3-6H,2,7-8H2,1H3,(H,14,15). The summed E-state index contributed by atoms with van der Waals surface area (Å²) in [5, 5.41) is 8.68. The largest absolute Gasteiger partial charge is 0.478 e. The van der Waals surface area contributed by atoms with Gasteiger partial charge in [0.1, 0.15) is 6.61 Å². The number of ether oxygens (including phenoxy) is 1. The third kappa shape index (κ3) is 3.47. The first-order valence-electron chi connectivity index (χ1n) is 5.09. The van der Waals surface area contributed by atoms with E-state index in [1.54, 1.807) is 0 Å². The van der Waals surface area contributed by atoms with Crippen LogP contribution in [0.2, 0.25) is 0 Å². The van der Waals surface area contributed by atoms with E-state index >= 15 is 0 Å². The van der Waals surface area contributed by atoms with Gasteiger partial charge in [-0.2, -0.15) is 0 Å². The summed E-state index contributed by atoms with van der Waals surface area (Å²) in [5.74, 6) is -1.13. The molecule has 0 amide bonds. The summed E-state index contributed by atoms with van der Waals surface area (Å²) < 4.78 is 5.11. The lowest BCUT2D eigenvalue weighted by Crippen LogP contribution is -2.09. The minimum absolute atomic E-state index is 0.0419. The number of benzene rings is 1. The van der Waals surface area contributed by atoms with Crippen LogP contribution in [0.25, 0.3) is 0 Å². The van der Waals surface area contributed by atoms with E-state index in [2.05, 4.69) is 0 Å². The maximum Gasteiger partial charge on any atom is 0.335 e. The second kappa shape index (κ2) is 6.02. The molecule has 0 spiro atoms. The Morgan fingerprint density at radius 1 is 1.19 bits per heavy atom. The number of hydrogen-bond acceptors (Lipinski definition) is 3. The molecule has 0 bridgehead atoms. The fourth-order valence-electron chi connectivity index (χ4n) is 1.19. The van der Waals surface area contributed by atoms with Crippen LogP contribution in [0.5, 0.6) is 0 Å². The first-order chi connectivity index (χ1) is 7.65. The number of carboxylic acids is 1. The third-order valence-electron chi connectivity index (χ3n) is 2.04. The molecule has 0 atom stereocenters. The predicted octanol–water partition coefficient (Wildman–Crippen LogP) is 1.99. The SMILES string of the molecule is CCCOCC(=O)c1ccc(C(=O)O)cc1. The zero-order chi connectivity index (χ0) is 12.0. The highest BCUT2D eigenvalue weighted by Crippen LogP contribution is 2.05. The molecule has 0 saturated heterocycles. The average Bonchev–Trinajstić information content (AvgIpc) is 2.29. The number of rotatable bonds is 6. The van der Waals surface area contributed by atoms with Gasteiger partial charge in [-0.1, -0.05) is 19.1 Å². The Labute approximate surface area is 93.9 Å². The number of aromatic carboxylic acids is 1. The maximum absolute atomic E-state index is 11.5. The summed E-state index contributed by atoms with van der Waals surface area (Å²) in [6.07, 6.45) is 0.866. The van der Waals surface area contributed by atoms with Crippen LogP contribution in [-0.2, 0) is 4.74 Å². The highest BCUT2D eigenvalue weighted by molar-refractivity contribution is 5.98. The van der Waals surface area contributed by atoms with Gasteiger partial charge in [0, 0.05) is 12.2 Å². The quantitative estimate of drug-likeness (QED) is 0.590. The van der Waals surface area contributed by atoms with Crippen LogP contribution in [0.3, 0.4) is 0 Å². The lowest BCUT2D eigenvalue weighted by atomic mass is 10.1. The van der Waals surface area contributed by atoms with Crippen molar-refractivity contribution in [3.05, 3.63) is 35.4 Å². The monoisotopic (exact) mass is 222 g/mol. The van der Waals surface area contributed by atoms with Crippen LogP contribution in [0.1, 0.15) is 34.1 Å². The Morgan fingerprint density at radius 2 is 1.75 bits per heavy atom. The fraction of sp³-hybridized carbons (Fsp3) is 0.333. The number of carboxylic acid groups (broad SMARTS) is 1. The van der Waals surface area contributed by atoms with Gasteiger partial charge in [0.25, 0.3) is 0 Å². The molecule has 1 rings (SSSR count). The van der Waals surface area contributed by atoms with Gasteiger partial charge in [-0.3, -0.25) is 4.79 Å². The minimum atomic E-state index is -0.999. The summed E-state index contributed by atoms with van der Waals surface area (Å²) in [7, 11) is 0. The smallest absolute Gasteiger partial charge is 0.335 e. The number of carbonyl (C=O) groups is 2. The van der Waals surface area contributed by atoms with Gasteiger partial charge < -0.3 is 9.84 Å². The molecular weight excluding hydrogens is 208 g/mol. The first-order valence-corrected chi connectivity index (χ1v) is 5.09. The molecule has 0 fully saturated rings. The van der Waals surface area contributed by atoms with E-state index in [0.717, 1.165) is 6.42 Å². The van der Waals surface area contributed by atoms with E-state index in [9.17, 15) is 9.59 Å². The van der Waals surface area contributed by atoms with Crippen LogP contribution in [0, 0.1) is 0 Å². The molecule has 16 heavy (non-hydrogen) atoms. The second-order valence-electron chi connectivity index (χ2n) is 3.36. The molecule has 0 aliphatic rings. The molecule has 4 heteroatoms. The summed E-state index contributed by atoms with van der Waals surface area (Å²) >= 11 is 0. The van der Waals surface area contributed by atoms with Crippen molar-refractivity contribution >= 4 is 11.8 Å². The molecule has 1 aromatic rings. The van der Waals surface area contributed by atoms with E-state index in [1.807, 2.05) is 6.92 Å². The molecule has 0 aliphatic heterocycles. The van der Waals surface area contributed by atoms with Crippen molar-refractivity contribution in [2.45, 2.75) is 13.3 Å². The third-order valence-corrected chi connectivity index (χ3v) is 2.04. The predicted molar refractivity (Wildman–Crippen MR) is 58.8 cm³/mol. The van der Waals surface area contributed by atoms with Gasteiger partial charge in [-0.25, -0.2) is 4.79 Å². The van der Waals surface area contributed by atoms with Crippen molar-refractivity contribution in [2.75, 3.05) is 13.2 Å². The molecule has 0 heterocycles. The van der Waals surface area contributed by atoms with Crippen molar-refractivity contribution in [3.8, 4) is 0 Å². The molecule has 0 unspecified atom stereocenters. The van der Waals surface area contributed by atoms with Gasteiger partial charge >= 0.3 is 5.97 Å². The molecule has 0 saturated carbocycles. The van der Waals surface area contributed by atoms with E-state index in [4.69, 9.17) is 9.84 Å². The Balaban J connectivity index is 2.59. The van der Waals surface area contributed by atoms with Crippen LogP contribution < -0.4 is 0 Å². The molecule has 0 aromatic heterocycles. The summed E-state index contributed by atoms with van der Waals surface area (Å²) in [6.45, 7) is 2.56. The minimum Gasteiger partial charge on any atom is -0.478 e. The van der Waals surface area contributed by atoms with Crippen molar-refractivity contribution in [1.29, 1.82) is 0 Å². The molecule has 86 valence electrons. The van der Waals surface area contributed by atoms with Crippen LogP contribution >= 0.6 is 0 Å². The van der Waals surface area contributed by atoms with Gasteiger partial charge in [0.2, 0.25) is 0 Å². The maximum atomic E-state index is 11.5. The highest BCUT2D eigenvalue weighted by atomic mass is 16.5. The van der Waals surface area contributed by atoms with Crippen molar-refractivity contribution < 1.29 is 19.4 Å². The van der Waals surface area contributed by atoms with Crippen molar-refractivity contribution in [2.24, 2.45) is 0 Å². The molecule has 0 radical (unpaired) electrons. The van der Waals surface area contributed by atoms with E-state index in [1.165, 1.54) is 24.3 Å². The Hall–Kier alpha value is -1.68. The number of Topliss-reactive ketones (excluding diaryl/α,β-unsaturated/α-hetero) is 1. The molecule has 1 aromatic carbocycles. The van der Waals surface area contributed by atoms with E-state index < -0.39 is 5.97 Å². The molecule has 0 aliphatic carbocycles. The lowest BCUT2D eigenvalue weighted by Gasteiger charge is -2.02. The zero-order valence-electron chi connectivity index (χ0n) is 9.10. The van der Waals surface area contributed by atoms with Crippen molar-refractivity contribution in [3.63, 3.8) is 0 Å². The van der Waals surface area contributed by atoms with Gasteiger partial charge in [-0.05, 0) is 18.6 Å². The van der Waals surface area contributed by atoms with Crippen LogP contribution in [0.4, 0.5) is 0 Å². The van der Waals surface area contributed by atoms with Crippen LogP contribution in [0.15, 0.2) is 24.3 Å². The number of ketones is 1. The van der Waals surface area contributed by atoms with Gasteiger partial charge in [-0.15, -0.1) is 0 Å². The van der Waals surface area contributed by atoms with Gasteiger partial charge in [0.05, 0.1) is 5.56 Å². The lowest BCUT2D eigenvalue weighted by molar-refractivity contribution is 0.0695. The zero-order valence-corrected chi connectivity index (χ0v) is 9.10. The summed E-state index contributed by atoms with van der Waals surface area (Å²) in [4.78, 5) is 22.1. The Kier molecular flexibility index (Phi) is 4.66. The molecule has 4 nitrogen and oxygen atoms in total. The van der Waals surface area contributed by atoms with Gasteiger partial charge in [0.15, 0.2) is 5.78 Å².